The van der Waals surface area contributed by atoms with E-state index < -0.39 is 21.2 Å². The Balaban J connectivity index is 3.95. The zero-order chi connectivity index (χ0) is 12.1. The smallest absolute Gasteiger partial charge is 0.237 e. The first-order chi connectivity index (χ1) is 6.75. The summed E-state index contributed by atoms with van der Waals surface area (Å²) < 4.78 is 24.6. The maximum Gasteiger partial charge on any atom is 0.237 e. The van der Waals surface area contributed by atoms with Gasteiger partial charge < -0.3 is 5.32 Å². The zero-order valence-corrected chi connectivity index (χ0v) is 10.5. The van der Waals surface area contributed by atoms with Gasteiger partial charge in [0.25, 0.3) is 0 Å². The number of nitrogens with one attached hydrogen (secondary N) is 2. The minimum absolute atomic E-state index is 0.171. The molecule has 0 aromatic carbocycles. The molecule has 0 unspecified atom stereocenters. The molecular formula is C9H20N2O3S. The summed E-state index contributed by atoms with van der Waals surface area (Å²) in [4.78, 5) is 11.2. The van der Waals surface area contributed by atoms with E-state index in [0.29, 0.717) is 12.6 Å². The van der Waals surface area contributed by atoms with Crippen LogP contribution in [0.4, 0.5) is 0 Å². The molecule has 15 heavy (non-hydrogen) atoms. The number of carbonyl (C=O) groups is 1. The summed E-state index contributed by atoms with van der Waals surface area (Å²) in [5, 5.41) is 2.45. The van der Waals surface area contributed by atoms with Gasteiger partial charge in [-0.2, -0.15) is 0 Å². The van der Waals surface area contributed by atoms with Gasteiger partial charge in [0, 0.05) is 19.0 Å². The molecule has 0 aliphatic rings. The standard InChI is InChI=1S/C9H20N2O3S/c1-7(2)10-6-5-9(12)11-15(13,14)8(3)4/h7-8,10H,5-6H2,1-4H3,(H,11,12). The first-order valence-electron chi connectivity index (χ1n) is 5.03. The second kappa shape index (κ2) is 6.07. The Labute approximate surface area is 91.7 Å². The van der Waals surface area contributed by atoms with E-state index in [0.717, 1.165) is 0 Å². The van der Waals surface area contributed by atoms with E-state index in [1.54, 1.807) is 0 Å². The Hall–Kier alpha value is -0.620. The molecule has 0 heterocycles. The van der Waals surface area contributed by atoms with Crippen LogP contribution in [0.1, 0.15) is 34.1 Å². The third-order valence-electron chi connectivity index (χ3n) is 1.78. The normalized spacial score (nSPS) is 12.1. The van der Waals surface area contributed by atoms with Crippen molar-refractivity contribution in [3.63, 3.8) is 0 Å². The number of hydrogen-bond donors (Lipinski definition) is 2. The lowest BCUT2D eigenvalue weighted by atomic mass is 10.3. The first kappa shape index (κ1) is 14.4. The van der Waals surface area contributed by atoms with E-state index in [2.05, 4.69) is 5.32 Å². The van der Waals surface area contributed by atoms with Crippen LogP contribution >= 0.6 is 0 Å². The molecule has 0 atom stereocenters. The Morgan fingerprint density at radius 3 is 2.13 bits per heavy atom. The third-order valence-corrected chi connectivity index (χ3v) is 3.53. The van der Waals surface area contributed by atoms with Crippen molar-refractivity contribution < 1.29 is 13.2 Å². The van der Waals surface area contributed by atoms with Crippen LogP contribution in [-0.4, -0.2) is 32.2 Å². The molecule has 0 saturated heterocycles. The van der Waals surface area contributed by atoms with Crippen LogP contribution in [0.15, 0.2) is 0 Å². The number of sulfonamides is 1. The van der Waals surface area contributed by atoms with Gasteiger partial charge in [-0.05, 0) is 13.8 Å². The highest BCUT2D eigenvalue weighted by molar-refractivity contribution is 7.90. The molecule has 2 N–H and O–H groups in total. The van der Waals surface area contributed by atoms with E-state index in [4.69, 9.17) is 0 Å². The lowest BCUT2D eigenvalue weighted by molar-refractivity contribution is -0.119. The summed E-state index contributed by atoms with van der Waals surface area (Å²) in [6.07, 6.45) is 0.171. The molecule has 0 fully saturated rings. The van der Waals surface area contributed by atoms with E-state index in [1.165, 1.54) is 13.8 Å². The highest BCUT2D eigenvalue weighted by Gasteiger charge is 2.18. The van der Waals surface area contributed by atoms with Crippen LogP contribution in [0.25, 0.3) is 0 Å². The first-order valence-corrected chi connectivity index (χ1v) is 6.58. The summed E-state index contributed by atoms with van der Waals surface area (Å²) in [7, 11) is -3.48. The van der Waals surface area contributed by atoms with Gasteiger partial charge >= 0.3 is 0 Å². The minimum atomic E-state index is -3.48. The van der Waals surface area contributed by atoms with Gasteiger partial charge in [-0.15, -0.1) is 0 Å². The molecule has 0 spiro atoms. The molecule has 5 nitrogen and oxygen atoms in total. The fraction of sp³-hybridized carbons (Fsp3) is 0.889. The van der Waals surface area contributed by atoms with E-state index in [9.17, 15) is 13.2 Å². The molecule has 0 rings (SSSR count). The molecular weight excluding hydrogens is 216 g/mol. The van der Waals surface area contributed by atoms with Crippen molar-refractivity contribution in [2.75, 3.05) is 6.54 Å². The van der Waals surface area contributed by atoms with E-state index in [1.807, 2.05) is 18.6 Å². The predicted octanol–water partition coefficient (Wildman–Crippen LogP) is 0.229. The number of rotatable bonds is 6. The van der Waals surface area contributed by atoms with Crippen LogP contribution in [0, 0.1) is 0 Å². The molecule has 0 aliphatic carbocycles. The van der Waals surface area contributed by atoms with Crippen LogP contribution in [-0.2, 0) is 14.8 Å². The molecule has 0 aliphatic heterocycles. The second-order valence-electron chi connectivity index (χ2n) is 3.98. The van der Waals surface area contributed by atoms with Crippen LogP contribution < -0.4 is 10.0 Å². The van der Waals surface area contributed by atoms with Crippen molar-refractivity contribution >= 4 is 15.9 Å². The minimum Gasteiger partial charge on any atom is -0.314 e. The van der Waals surface area contributed by atoms with Crippen molar-refractivity contribution in [2.24, 2.45) is 0 Å². The Bertz CT molecular complexity index is 296. The zero-order valence-electron chi connectivity index (χ0n) is 9.70. The fourth-order valence-corrected chi connectivity index (χ4v) is 1.46. The average molecular weight is 236 g/mol. The van der Waals surface area contributed by atoms with Crippen molar-refractivity contribution in [2.45, 2.75) is 45.4 Å². The fourth-order valence-electron chi connectivity index (χ4n) is 0.802. The van der Waals surface area contributed by atoms with Crippen molar-refractivity contribution in [3.05, 3.63) is 0 Å². The summed E-state index contributed by atoms with van der Waals surface area (Å²) in [5.74, 6) is -0.461. The van der Waals surface area contributed by atoms with E-state index in [-0.39, 0.29) is 6.42 Å². The van der Waals surface area contributed by atoms with Gasteiger partial charge in [-0.3, -0.25) is 9.52 Å². The van der Waals surface area contributed by atoms with Crippen molar-refractivity contribution in [3.8, 4) is 0 Å². The number of amides is 1. The summed E-state index contributed by atoms with van der Waals surface area (Å²) in [5.41, 5.74) is 0. The molecule has 0 aromatic heterocycles. The summed E-state index contributed by atoms with van der Waals surface area (Å²) >= 11 is 0. The quantitative estimate of drug-likeness (QED) is 0.692. The van der Waals surface area contributed by atoms with Gasteiger partial charge in [-0.1, -0.05) is 13.8 Å². The largest absolute Gasteiger partial charge is 0.314 e. The second-order valence-corrected chi connectivity index (χ2v) is 6.21. The number of carbonyl (C=O) groups excluding carboxylic acids is 1. The number of hydrogen-bond acceptors (Lipinski definition) is 4. The summed E-state index contributed by atoms with van der Waals surface area (Å²) in [6, 6.07) is 0.291. The molecule has 0 bridgehead atoms. The topological polar surface area (TPSA) is 75.3 Å². The van der Waals surface area contributed by atoms with Gasteiger partial charge in [0.2, 0.25) is 15.9 Å². The van der Waals surface area contributed by atoms with Crippen LogP contribution in [0.2, 0.25) is 0 Å². The van der Waals surface area contributed by atoms with Crippen LogP contribution in [0.5, 0.6) is 0 Å². The lowest BCUT2D eigenvalue weighted by Gasteiger charge is -2.10. The molecule has 0 aromatic rings. The van der Waals surface area contributed by atoms with Gasteiger partial charge in [0.05, 0.1) is 5.25 Å². The molecule has 6 heteroatoms. The van der Waals surface area contributed by atoms with Crippen molar-refractivity contribution in [1.82, 2.24) is 10.0 Å². The predicted molar refractivity (Wildman–Crippen MR) is 60.0 cm³/mol. The highest BCUT2D eigenvalue weighted by Crippen LogP contribution is 1.96. The Morgan fingerprint density at radius 2 is 1.73 bits per heavy atom. The monoisotopic (exact) mass is 236 g/mol. The van der Waals surface area contributed by atoms with Gasteiger partial charge in [0.1, 0.15) is 0 Å². The third kappa shape index (κ3) is 6.46. The van der Waals surface area contributed by atoms with Crippen LogP contribution in [0.3, 0.4) is 0 Å². The molecule has 0 radical (unpaired) electrons. The SMILES string of the molecule is CC(C)NCCC(=O)NS(=O)(=O)C(C)C. The highest BCUT2D eigenvalue weighted by atomic mass is 32.2. The maximum atomic E-state index is 11.3. The summed E-state index contributed by atoms with van der Waals surface area (Å²) in [6.45, 7) is 7.46. The molecule has 90 valence electrons. The molecule has 0 saturated carbocycles. The van der Waals surface area contributed by atoms with Gasteiger partial charge in [-0.25, -0.2) is 8.42 Å². The maximum absolute atomic E-state index is 11.3. The Morgan fingerprint density at radius 1 is 1.20 bits per heavy atom. The Kier molecular flexibility index (Phi) is 5.82. The van der Waals surface area contributed by atoms with Crippen molar-refractivity contribution in [1.29, 1.82) is 0 Å². The lowest BCUT2D eigenvalue weighted by Crippen LogP contribution is -2.37. The van der Waals surface area contributed by atoms with E-state index >= 15 is 0 Å². The average Bonchev–Trinajstić information content (AvgIpc) is 2.01. The van der Waals surface area contributed by atoms with Gasteiger partial charge in [0.15, 0.2) is 0 Å². The molecule has 1 amide bonds.